The van der Waals surface area contributed by atoms with Gasteiger partial charge in [0.15, 0.2) is 6.10 Å². The Kier molecular flexibility index (Phi) is 5.24. The molecule has 3 rings (SSSR count). The van der Waals surface area contributed by atoms with Crippen molar-refractivity contribution in [2.45, 2.75) is 19.2 Å². The third kappa shape index (κ3) is 4.06. The Hall–Kier alpha value is -2.75. The minimum atomic E-state index is -4.55. The molecule has 10 heteroatoms. The van der Waals surface area contributed by atoms with Crippen LogP contribution in [-0.4, -0.2) is 32.7 Å². The van der Waals surface area contributed by atoms with Gasteiger partial charge < -0.3 is 10.1 Å². The zero-order chi connectivity index (χ0) is 20.5. The lowest BCUT2D eigenvalue weighted by Gasteiger charge is -2.34. The topological polar surface area (TPSA) is 75.7 Å². The third-order valence-electron chi connectivity index (χ3n) is 4.19. The largest absolute Gasteiger partial charge is 0.476 e. The van der Waals surface area contributed by atoms with Gasteiger partial charge in [-0.2, -0.15) is 13.2 Å². The van der Waals surface area contributed by atoms with Gasteiger partial charge in [-0.3, -0.25) is 9.10 Å². The van der Waals surface area contributed by atoms with Gasteiger partial charge in [0.2, 0.25) is 10.0 Å². The second kappa shape index (κ2) is 7.34. The van der Waals surface area contributed by atoms with Gasteiger partial charge in [0.05, 0.1) is 23.5 Å². The maximum absolute atomic E-state index is 12.8. The summed E-state index contributed by atoms with van der Waals surface area (Å²) in [6, 6.07) is 10.5. The third-order valence-corrected chi connectivity index (χ3v) is 5.93. The number of carbonyl (C=O) groups is 1. The number of nitrogens with one attached hydrogen (secondary N) is 1. The number of hydrogen-bond donors (Lipinski definition) is 1. The van der Waals surface area contributed by atoms with Crippen molar-refractivity contribution < 1.29 is 31.1 Å². The summed E-state index contributed by atoms with van der Waals surface area (Å²) in [5.41, 5.74) is -0.657. The molecule has 6 nitrogen and oxygen atoms in total. The van der Waals surface area contributed by atoms with E-state index < -0.39 is 33.8 Å². The molecule has 0 radical (unpaired) electrons. The number of hydrogen-bond acceptors (Lipinski definition) is 4. The van der Waals surface area contributed by atoms with Crippen molar-refractivity contribution in [3.8, 4) is 5.75 Å². The molecule has 0 saturated carbocycles. The molecule has 1 atom stereocenters. The molecule has 0 aromatic heterocycles. The number of halogens is 3. The summed E-state index contributed by atoms with van der Waals surface area (Å²) in [6.45, 7) is 1.20. The minimum Gasteiger partial charge on any atom is -0.476 e. The first-order valence-electron chi connectivity index (χ1n) is 8.36. The monoisotopic (exact) mass is 414 g/mol. The van der Waals surface area contributed by atoms with E-state index in [0.717, 1.165) is 16.4 Å². The Balaban J connectivity index is 1.85. The molecule has 150 valence electrons. The van der Waals surface area contributed by atoms with Crippen LogP contribution < -0.4 is 14.4 Å². The van der Waals surface area contributed by atoms with E-state index in [4.69, 9.17) is 4.74 Å². The zero-order valence-corrected chi connectivity index (χ0v) is 15.5. The van der Waals surface area contributed by atoms with Crippen molar-refractivity contribution in [1.29, 1.82) is 0 Å². The summed E-state index contributed by atoms with van der Waals surface area (Å²) < 4.78 is 70.0. The Morgan fingerprint density at radius 1 is 1.21 bits per heavy atom. The molecule has 28 heavy (non-hydrogen) atoms. The molecular weight excluding hydrogens is 397 g/mol. The van der Waals surface area contributed by atoms with Crippen molar-refractivity contribution >= 4 is 27.3 Å². The van der Waals surface area contributed by atoms with Crippen LogP contribution >= 0.6 is 0 Å². The van der Waals surface area contributed by atoms with Crippen LogP contribution in [0.1, 0.15) is 12.5 Å². The quantitative estimate of drug-likeness (QED) is 0.833. The first kappa shape index (κ1) is 20.0. The van der Waals surface area contributed by atoms with Gasteiger partial charge in [0, 0.05) is 5.69 Å². The molecule has 0 fully saturated rings. The molecule has 2 aromatic rings. The lowest BCUT2D eigenvalue weighted by Crippen LogP contribution is -2.49. The van der Waals surface area contributed by atoms with Crippen molar-refractivity contribution in [3.63, 3.8) is 0 Å². The summed E-state index contributed by atoms with van der Waals surface area (Å²) in [5.74, 6) is -0.719. The molecule has 2 aromatic carbocycles. The fourth-order valence-corrected chi connectivity index (χ4v) is 3.88. The molecule has 0 saturated heterocycles. The number of para-hydroxylation sites is 2. The maximum atomic E-state index is 12.8. The molecule has 1 aliphatic heterocycles. The van der Waals surface area contributed by atoms with E-state index in [0.29, 0.717) is 5.69 Å². The van der Waals surface area contributed by atoms with Gasteiger partial charge in [-0.05, 0) is 37.3 Å². The molecule has 1 N–H and O–H groups in total. The Labute approximate surface area is 160 Å². The van der Waals surface area contributed by atoms with E-state index in [9.17, 15) is 26.4 Å². The molecule has 0 aliphatic carbocycles. The van der Waals surface area contributed by atoms with E-state index in [1.807, 2.05) is 0 Å². The predicted octanol–water partition coefficient (Wildman–Crippen LogP) is 3.26. The van der Waals surface area contributed by atoms with Crippen molar-refractivity contribution in [1.82, 2.24) is 0 Å². The van der Waals surface area contributed by atoms with Gasteiger partial charge in [0.1, 0.15) is 5.75 Å². The number of ether oxygens (including phenoxy) is 1. The van der Waals surface area contributed by atoms with E-state index in [1.165, 1.54) is 25.1 Å². The number of rotatable bonds is 4. The highest BCUT2D eigenvalue weighted by Crippen LogP contribution is 2.35. The summed E-state index contributed by atoms with van der Waals surface area (Å²) >= 11 is 0. The summed E-state index contributed by atoms with van der Waals surface area (Å²) in [7, 11) is -3.68. The normalized spacial score (nSPS) is 16.9. The molecule has 0 spiro atoms. The summed E-state index contributed by atoms with van der Waals surface area (Å²) in [4.78, 5) is 12.6. The number of carbonyl (C=O) groups excluding carboxylic acids is 1. The fourth-order valence-electron chi connectivity index (χ4n) is 2.75. The molecule has 0 bridgehead atoms. The molecular formula is C18H17F3N2O4S. The van der Waals surface area contributed by atoms with Crippen LogP contribution in [0.5, 0.6) is 5.75 Å². The average Bonchev–Trinajstić information content (AvgIpc) is 2.66. The summed E-state index contributed by atoms with van der Waals surface area (Å²) in [6.07, 6.45) is -5.77. The Bertz CT molecular complexity index is 992. The minimum absolute atomic E-state index is 0.0628. The fraction of sp³-hybridized carbons (Fsp3) is 0.278. The number of alkyl halides is 3. The molecule has 1 aliphatic rings. The van der Waals surface area contributed by atoms with Crippen LogP contribution in [0.15, 0.2) is 48.5 Å². The second-order valence-electron chi connectivity index (χ2n) is 6.07. The predicted molar refractivity (Wildman–Crippen MR) is 97.7 cm³/mol. The van der Waals surface area contributed by atoms with E-state index >= 15 is 0 Å². The lowest BCUT2D eigenvalue weighted by molar-refractivity contribution is -0.137. The van der Waals surface area contributed by atoms with Gasteiger partial charge >= 0.3 is 6.18 Å². The van der Waals surface area contributed by atoms with Crippen LogP contribution in [0.4, 0.5) is 24.5 Å². The highest BCUT2D eigenvalue weighted by atomic mass is 32.2. The summed E-state index contributed by atoms with van der Waals surface area (Å²) in [5, 5.41) is 2.36. The van der Waals surface area contributed by atoms with Gasteiger partial charge in [0.25, 0.3) is 5.91 Å². The maximum Gasteiger partial charge on any atom is 0.416 e. The smallest absolute Gasteiger partial charge is 0.416 e. The number of sulfonamides is 1. The standard InChI is InChI=1S/C18H17F3N2O4S/c1-2-28(25,26)23-11-16(27-15-9-4-3-8-14(15)23)17(24)22-13-7-5-6-12(10-13)18(19,20)21/h3-10,16H,2,11H2,1H3,(H,22,24)/t16-/m1/s1. The molecule has 1 amide bonds. The molecule has 1 heterocycles. The van der Waals surface area contributed by atoms with Gasteiger partial charge in [-0.25, -0.2) is 8.42 Å². The van der Waals surface area contributed by atoms with Gasteiger partial charge in [-0.1, -0.05) is 18.2 Å². The van der Waals surface area contributed by atoms with Crippen molar-refractivity contribution in [2.75, 3.05) is 21.9 Å². The number of benzene rings is 2. The van der Waals surface area contributed by atoms with Crippen LogP contribution in [0.3, 0.4) is 0 Å². The van der Waals surface area contributed by atoms with Crippen LogP contribution in [0.25, 0.3) is 0 Å². The number of nitrogens with zero attached hydrogens (tertiary/aromatic N) is 1. The van der Waals surface area contributed by atoms with Crippen LogP contribution in [0.2, 0.25) is 0 Å². The van der Waals surface area contributed by atoms with Crippen LogP contribution in [0, 0.1) is 0 Å². The lowest BCUT2D eigenvalue weighted by atomic mass is 10.1. The molecule has 0 unspecified atom stereocenters. The van der Waals surface area contributed by atoms with Gasteiger partial charge in [-0.15, -0.1) is 0 Å². The number of fused-ring (bicyclic) bond motifs is 1. The Morgan fingerprint density at radius 2 is 1.93 bits per heavy atom. The highest BCUT2D eigenvalue weighted by molar-refractivity contribution is 7.92. The average molecular weight is 414 g/mol. The Morgan fingerprint density at radius 3 is 2.61 bits per heavy atom. The van der Waals surface area contributed by atoms with Crippen LogP contribution in [-0.2, 0) is 21.0 Å². The van der Waals surface area contributed by atoms with E-state index in [-0.39, 0.29) is 23.7 Å². The first-order chi connectivity index (χ1) is 13.1. The first-order valence-corrected chi connectivity index (χ1v) is 9.97. The second-order valence-corrected chi connectivity index (χ2v) is 8.26. The van der Waals surface area contributed by atoms with Crippen molar-refractivity contribution in [3.05, 3.63) is 54.1 Å². The van der Waals surface area contributed by atoms with E-state index in [1.54, 1.807) is 18.2 Å². The highest BCUT2D eigenvalue weighted by Gasteiger charge is 2.36. The number of anilines is 2. The number of amides is 1. The SMILES string of the molecule is CCS(=O)(=O)N1C[C@H](C(=O)Nc2cccc(C(F)(F)F)c2)Oc2ccccc21. The zero-order valence-electron chi connectivity index (χ0n) is 14.7. The van der Waals surface area contributed by atoms with E-state index in [2.05, 4.69) is 5.32 Å². The van der Waals surface area contributed by atoms with Crippen molar-refractivity contribution in [2.24, 2.45) is 0 Å².